The fraction of sp³-hybridized carbons (Fsp3) is 0.333. The van der Waals surface area contributed by atoms with Crippen LogP contribution in [0.4, 0.5) is 5.95 Å². The summed E-state index contributed by atoms with van der Waals surface area (Å²) in [6.07, 6.45) is 1.47. The molecule has 2 N–H and O–H groups in total. The minimum absolute atomic E-state index is 0.0626. The highest BCUT2D eigenvalue weighted by Crippen LogP contribution is 2.48. The first kappa shape index (κ1) is 20.3. The normalized spacial score (nSPS) is 24.1. The van der Waals surface area contributed by atoms with E-state index in [-0.39, 0.29) is 29.0 Å². The minimum Gasteiger partial charge on any atom is -0.340 e. The summed E-state index contributed by atoms with van der Waals surface area (Å²) in [5.41, 5.74) is 3.33. The number of hydrogen-bond donors (Lipinski definition) is 2. The SMILES string of the molecule is O=C(Nc1nc2ccccc2[nH]1)[C@H]1CCCN(C(=O)[C@H]2CS[C@@H]3c4ccccc4C(=O)N23)C1. The van der Waals surface area contributed by atoms with Crippen LogP contribution in [0.2, 0.25) is 0 Å². The number of carbonyl (C=O) groups excluding carboxylic acids is 3. The van der Waals surface area contributed by atoms with E-state index in [1.165, 1.54) is 0 Å². The monoisotopic (exact) mass is 461 g/mol. The molecule has 0 aliphatic carbocycles. The van der Waals surface area contributed by atoms with E-state index in [2.05, 4.69) is 15.3 Å². The molecule has 0 saturated carbocycles. The molecule has 3 aliphatic rings. The Bertz CT molecular complexity index is 1240. The number of benzene rings is 2. The third-order valence-electron chi connectivity index (χ3n) is 6.71. The van der Waals surface area contributed by atoms with Gasteiger partial charge in [-0.3, -0.25) is 19.7 Å². The highest BCUT2D eigenvalue weighted by Gasteiger charge is 2.49. The highest BCUT2D eigenvalue weighted by atomic mass is 32.2. The van der Waals surface area contributed by atoms with E-state index in [1.54, 1.807) is 21.6 Å². The third-order valence-corrected chi connectivity index (χ3v) is 8.02. The predicted molar refractivity (Wildman–Crippen MR) is 126 cm³/mol. The number of carbonyl (C=O) groups is 3. The molecule has 1 aromatic heterocycles. The lowest BCUT2D eigenvalue weighted by Crippen LogP contribution is -2.52. The van der Waals surface area contributed by atoms with Crippen LogP contribution < -0.4 is 5.32 Å². The number of thioether (sulfide) groups is 1. The molecule has 0 radical (unpaired) electrons. The van der Waals surface area contributed by atoms with E-state index in [0.717, 1.165) is 23.0 Å². The van der Waals surface area contributed by atoms with E-state index in [4.69, 9.17) is 0 Å². The molecule has 3 aliphatic heterocycles. The number of rotatable bonds is 3. The van der Waals surface area contributed by atoms with Crippen LogP contribution in [-0.4, -0.2) is 62.4 Å². The number of aromatic amines is 1. The van der Waals surface area contributed by atoms with E-state index >= 15 is 0 Å². The summed E-state index contributed by atoms with van der Waals surface area (Å²) < 4.78 is 0. The van der Waals surface area contributed by atoms with Crippen LogP contribution in [0.1, 0.15) is 34.1 Å². The van der Waals surface area contributed by atoms with Gasteiger partial charge in [-0.1, -0.05) is 30.3 Å². The number of hydrogen-bond acceptors (Lipinski definition) is 5. The Morgan fingerprint density at radius 2 is 1.94 bits per heavy atom. The number of likely N-dealkylation sites (tertiary alicyclic amines) is 1. The largest absolute Gasteiger partial charge is 0.340 e. The van der Waals surface area contributed by atoms with Gasteiger partial charge < -0.3 is 14.8 Å². The van der Waals surface area contributed by atoms with Crippen molar-refractivity contribution in [2.75, 3.05) is 24.2 Å². The summed E-state index contributed by atoms with van der Waals surface area (Å²) in [7, 11) is 0. The predicted octanol–water partition coefficient (Wildman–Crippen LogP) is 3.01. The van der Waals surface area contributed by atoms with E-state index < -0.39 is 6.04 Å². The molecular formula is C24H23N5O3S. The van der Waals surface area contributed by atoms with Gasteiger partial charge in [-0.05, 0) is 36.6 Å². The number of amides is 3. The molecule has 8 nitrogen and oxygen atoms in total. The number of imidazole rings is 1. The van der Waals surface area contributed by atoms with Crippen LogP contribution in [0.15, 0.2) is 48.5 Å². The topological polar surface area (TPSA) is 98.4 Å². The lowest BCUT2D eigenvalue weighted by molar-refractivity contribution is -0.138. The van der Waals surface area contributed by atoms with Gasteiger partial charge in [0.1, 0.15) is 11.4 Å². The molecule has 3 aromatic rings. The molecule has 6 rings (SSSR count). The van der Waals surface area contributed by atoms with Gasteiger partial charge >= 0.3 is 0 Å². The maximum atomic E-state index is 13.5. The zero-order chi connectivity index (χ0) is 22.5. The summed E-state index contributed by atoms with van der Waals surface area (Å²) in [5, 5.41) is 2.78. The van der Waals surface area contributed by atoms with Gasteiger partial charge in [-0.15, -0.1) is 11.8 Å². The molecule has 33 heavy (non-hydrogen) atoms. The lowest BCUT2D eigenvalue weighted by atomic mass is 9.96. The molecule has 2 aromatic carbocycles. The number of fused-ring (bicyclic) bond motifs is 4. The molecule has 2 saturated heterocycles. The summed E-state index contributed by atoms with van der Waals surface area (Å²) in [6.45, 7) is 0.958. The Hall–Kier alpha value is -3.33. The van der Waals surface area contributed by atoms with Crippen LogP contribution in [0, 0.1) is 5.92 Å². The quantitative estimate of drug-likeness (QED) is 0.625. The first-order valence-corrected chi connectivity index (χ1v) is 12.2. The molecular weight excluding hydrogens is 438 g/mol. The van der Waals surface area contributed by atoms with Crippen molar-refractivity contribution in [3.63, 3.8) is 0 Å². The second kappa shape index (κ2) is 7.91. The van der Waals surface area contributed by atoms with Gasteiger partial charge in [0.2, 0.25) is 17.8 Å². The first-order valence-electron chi connectivity index (χ1n) is 11.2. The highest BCUT2D eigenvalue weighted by molar-refractivity contribution is 7.99. The van der Waals surface area contributed by atoms with Crippen LogP contribution in [0.3, 0.4) is 0 Å². The Balaban J connectivity index is 1.14. The number of nitrogens with zero attached hydrogens (tertiary/aromatic N) is 3. The zero-order valence-corrected chi connectivity index (χ0v) is 18.7. The molecule has 2 fully saturated rings. The van der Waals surface area contributed by atoms with Crippen molar-refractivity contribution >= 4 is 46.5 Å². The second-order valence-electron chi connectivity index (χ2n) is 8.72. The van der Waals surface area contributed by atoms with Gasteiger partial charge in [0.25, 0.3) is 5.91 Å². The smallest absolute Gasteiger partial charge is 0.256 e. The Kier molecular flexibility index (Phi) is 4.86. The molecule has 3 amide bonds. The number of aromatic nitrogens is 2. The summed E-state index contributed by atoms with van der Waals surface area (Å²) >= 11 is 1.64. The molecule has 4 heterocycles. The first-order chi connectivity index (χ1) is 16.1. The number of piperidine rings is 1. The van der Waals surface area contributed by atoms with Crippen molar-refractivity contribution in [2.24, 2.45) is 5.92 Å². The van der Waals surface area contributed by atoms with Crippen molar-refractivity contribution in [2.45, 2.75) is 24.3 Å². The third kappa shape index (κ3) is 3.38. The molecule has 0 spiro atoms. The molecule has 0 unspecified atom stereocenters. The Labute approximate surface area is 194 Å². The second-order valence-corrected chi connectivity index (χ2v) is 9.83. The van der Waals surface area contributed by atoms with Gasteiger partial charge in [-0.2, -0.15) is 0 Å². The van der Waals surface area contributed by atoms with E-state index in [9.17, 15) is 14.4 Å². The van der Waals surface area contributed by atoms with Crippen molar-refractivity contribution in [1.29, 1.82) is 0 Å². The Morgan fingerprint density at radius 1 is 1.12 bits per heavy atom. The zero-order valence-electron chi connectivity index (χ0n) is 17.9. The van der Waals surface area contributed by atoms with Crippen molar-refractivity contribution in [1.82, 2.24) is 19.8 Å². The van der Waals surface area contributed by atoms with Crippen molar-refractivity contribution in [3.05, 3.63) is 59.7 Å². The van der Waals surface area contributed by atoms with Gasteiger partial charge in [0.05, 0.1) is 17.0 Å². The van der Waals surface area contributed by atoms with Crippen LogP contribution in [-0.2, 0) is 9.59 Å². The number of H-pyrrole nitrogens is 1. The van der Waals surface area contributed by atoms with Crippen LogP contribution in [0.5, 0.6) is 0 Å². The van der Waals surface area contributed by atoms with Gasteiger partial charge in [0.15, 0.2) is 0 Å². The van der Waals surface area contributed by atoms with E-state index in [0.29, 0.717) is 36.8 Å². The fourth-order valence-electron chi connectivity index (χ4n) is 5.06. The maximum absolute atomic E-state index is 13.5. The fourth-order valence-corrected chi connectivity index (χ4v) is 6.52. The Morgan fingerprint density at radius 3 is 2.82 bits per heavy atom. The minimum atomic E-state index is -0.489. The van der Waals surface area contributed by atoms with Crippen LogP contribution in [0.25, 0.3) is 11.0 Å². The number of anilines is 1. The molecule has 3 atom stereocenters. The van der Waals surface area contributed by atoms with Crippen LogP contribution >= 0.6 is 11.8 Å². The summed E-state index contributed by atoms with van der Waals surface area (Å²) in [4.78, 5) is 50.4. The summed E-state index contributed by atoms with van der Waals surface area (Å²) in [5.74, 6) is 0.403. The lowest BCUT2D eigenvalue weighted by Gasteiger charge is -2.35. The average molecular weight is 462 g/mol. The van der Waals surface area contributed by atoms with Gasteiger partial charge in [-0.25, -0.2) is 4.98 Å². The molecule has 0 bridgehead atoms. The standard InChI is InChI=1S/C24H23N5O3S/c30-20(27-24-25-17-9-3-4-10-18(17)26-24)14-6-5-11-28(12-14)22(32)19-13-33-23-16-8-2-1-7-15(16)21(31)29(19)23/h1-4,7-10,14,19,23H,5-6,11-13H2,(H2,25,26,27,30)/t14-,19+,23+/m0/s1. The van der Waals surface area contributed by atoms with Crippen molar-refractivity contribution < 1.29 is 14.4 Å². The average Bonchev–Trinajstić information content (AvgIpc) is 3.53. The maximum Gasteiger partial charge on any atom is 0.256 e. The van der Waals surface area contributed by atoms with E-state index in [1.807, 2.05) is 48.5 Å². The number of nitrogens with one attached hydrogen (secondary N) is 2. The number of para-hydroxylation sites is 2. The molecule has 168 valence electrons. The van der Waals surface area contributed by atoms with Crippen molar-refractivity contribution in [3.8, 4) is 0 Å². The summed E-state index contributed by atoms with van der Waals surface area (Å²) in [6, 6.07) is 14.7. The van der Waals surface area contributed by atoms with Gasteiger partial charge in [0, 0.05) is 24.4 Å². The molecule has 9 heteroatoms.